The average molecular weight is 293 g/mol. The number of ether oxygens (including phenoxy) is 2. The molecule has 0 radical (unpaired) electrons. The standard InChI is InChI=1S/C18H15NO3/c1-21-17(20)18(9-10-18)14-3-2-4-16(11-14)22-15-7-5-13(12-19)6-8-15/h2-8,11H,9-10H2,1H3. The third-order valence-electron chi connectivity index (χ3n) is 3.93. The maximum Gasteiger partial charge on any atom is 0.316 e. The number of benzene rings is 2. The van der Waals surface area contributed by atoms with Crippen LogP contribution in [-0.4, -0.2) is 13.1 Å². The maximum absolute atomic E-state index is 11.9. The summed E-state index contributed by atoms with van der Waals surface area (Å²) in [5, 5.41) is 8.79. The topological polar surface area (TPSA) is 59.3 Å². The van der Waals surface area contributed by atoms with E-state index in [1.54, 1.807) is 24.3 Å². The van der Waals surface area contributed by atoms with Crippen molar-refractivity contribution >= 4 is 5.97 Å². The first-order chi connectivity index (χ1) is 10.7. The van der Waals surface area contributed by atoms with Gasteiger partial charge in [-0.05, 0) is 54.8 Å². The van der Waals surface area contributed by atoms with Crippen molar-refractivity contribution < 1.29 is 14.3 Å². The van der Waals surface area contributed by atoms with Crippen LogP contribution in [0.3, 0.4) is 0 Å². The first-order valence-electron chi connectivity index (χ1n) is 7.05. The van der Waals surface area contributed by atoms with Gasteiger partial charge in [0, 0.05) is 0 Å². The molecular weight excluding hydrogens is 278 g/mol. The molecule has 1 saturated carbocycles. The van der Waals surface area contributed by atoms with E-state index in [1.165, 1.54) is 7.11 Å². The Kier molecular flexibility index (Phi) is 3.56. The lowest BCUT2D eigenvalue weighted by molar-refractivity contribution is -0.143. The molecule has 0 unspecified atom stereocenters. The molecule has 0 amide bonds. The lowest BCUT2D eigenvalue weighted by Crippen LogP contribution is -2.21. The quantitative estimate of drug-likeness (QED) is 0.809. The van der Waals surface area contributed by atoms with Crippen molar-refractivity contribution in [1.82, 2.24) is 0 Å². The molecule has 0 aliphatic heterocycles. The predicted molar refractivity (Wildman–Crippen MR) is 80.6 cm³/mol. The summed E-state index contributed by atoms with van der Waals surface area (Å²) in [7, 11) is 1.42. The Hall–Kier alpha value is -2.80. The van der Waals surface area contributed by atoms with E-state index in [-0.39, 0.29) is 5.97 Å². The third-order valence-corrected chi connectivity index (χ3v) is 3.93. The summed E-state index contributed by atoms with van der Waals surface area (Å²) >= 11 is 0. The summed E-state index contributed by atoms with van der Waals surface area (Å²) in [6.07, 6.45) is 1.61. The van der Waals surface area contributed by atoms with Crippen molar-refractivity contribution in [3.05, 3.63) is 59.7 Å². The zero-order chi connectivity index (χ0) is 15.6. The third kappa shape index (κ3) is 2.53. The smallest absolute Gasteiger partial charge is 0.316 e. The molecule has 0 atom stereocenters. The molecule has 0 spiro atoms. The second-order valence-electron chi connectivity index (χ2n) is 5.34. The van der Waals surface area contributed by atoms with E-state index in [4.69, 9.17) is 14.7 Å². The van der Waals surface area contributed by atoms with Crippen molar-refractivity contribution in [3.63, 3.8) is 0 Å². The van der Waals surface area contributed by atoms with Crippen molar-refractivity contribution in [2.24, 2.45) is 0 Å². The number of carbonyl (C=O) groups excluding carboxylic acids is 1. The van der Waals surface area contributed by atoms with Crippen LogP contribution < -0.4 is 4.74 Å². The minimum absolute atomic E-state index is 0.192. The SMILES string of the molecule is COC(=O)C1(c2cccc(Oc3ccc(C#N)cc3)c2)CC1. The van der Waals surface area contributed by atoms with Gasteiger partial charge in [0.2, 0.25) is 0 Å². The second kappa shape index (κ2) is 5.53. The largest absolute Gasteiger partial charge is 0.468 e. The molecule has 2 aromatic rings. The molecule has 22 heavy (non-hydrogen) atoms. The molecule has 4 heteroatoms. The summed E-state index contributed by atoms with van der Waals surface area (Å²) in [5.74, 6) is 1.12. The molecule has 3 rings (SSSR count). The highest BCUT2D eigenvalue weighted by Gasteiger charge is 2.52. The highest BCUT2D eigenvalue weighted by Crippen LogP contribution is 2.49. The van der Waals surface area contributed by atoms with Gasteiger partial charge in [0.1, 0.15) is 11.5 Å². The van der Waals surface area contributed by atoms with Gasteiger partial charge < -0.3 is 9.47 Å². The molecule has 1 aliphatic carbocycles. The van der Waals surface area contributed by atoms with Crippen LogP contribution in [0.15, 0.2) is 48.5 Å². The number of nitrogens with zero attached hydrogens (tertiary/aromatic N) is 1. The fourth-order valence-electron chi connectivity index (χ4n) is 2.52. The van der Waals surface area contributed by atoms with Gasteiger partial charge in [0.05, 0.1) is 24.2 Å². The molecule has 1 fully saturated rings. The van der Waals surface area contributed by atoms with Gasteiger partial charge in [-0.2, -0.15) is 5.26 Å². The Morgan fingerprint density at radius 3 is 2.45 bits per heavy atom. The van der Waals surface area contributed by atoms with Gasteiger partial charge in [-0.25, -0.2) is 0 Å². The van der Waals surface area contributed by atoms with Crippen LogP contribution in [0.4, 0.5) is 0 Å². The molecule has 4 nitrogen and oxygen atoms in total. The van der Waals surface area contributed by atoms with Gasteiger partial charge in [0.15, 0.2) is 0 Å². The number of carbonyl (C=O) groups is 1. The van der Waals surface area contributed by atoms with Gasteiger partial charge >= 0.3 is 5.97 Å². The van der Waals surface area contributed by atoms with Crippen LogP contribution in [0.1, 0.15) is 24.0 Å². The van der Waals surface area contributed by atoms with E-state index >= 15 is 0 Å². The number of esters is 1. The van der Waals surface area contributed by atoms with Crippen LogP contribution in [0.25, 0.3) is 0 Å². The van der Waals surface area contributed by atoms with Crippen LogP contribution >= 0.6 is 0 Å². The lowest BCUT2D eigenvalue weighted by atomic mass is 9.96. The minimum atomic E-state index is -0.501. The monoisotopic (exact) mass is 293 g/mol. The number of hydrogen-bond donors (Lipinski definition) is 0. The predicted octanol–water partition coefficient (Wildman–Crippen LogP) is 3.56. The number of hydrogen-bond acceptors (Lipinski definition) is 4. The second-order valence-corrected chi connectivity index (χ2v) is 5.34. The van der Waals surface area contributed by atoms with Crippen LogP contribution in [0.2, 0.25) is 0 Å². The Morgan fingerprint density at radius 2 is 1.86 bits per heavy atom. The zero-order valence-electron chi connectivity index (χ0n) is 12.2. The van der Waals surface area contributed by atoms with E-state index in [0.29, 0.717) is 17.1 Å². The molecule has 110 valence electrons. The van der Waals surface area contributed by atoms with Gasteiger partial charge in [-0.1, -0.05) is 12.1 Å². The first-order valence-corrected chi connectivity index (χ1v) is 7.05. The molecule has 0 N–H and O–H groups in total. The van der Waals surface area contributed by atoms with Gasteiger partial charge in [-0.3, -0.25) is 4.79 Å². The molecule has 2 aromatic carbocycles. The summed E-state index contributed by atoms with van der Waals surface area (Å²) in [5.41, 5.74) is 1.01. The molecule has 0 heterocycles. The fraction of sp³-hybridized carbons (Fsp3) is 0.222. The zero-order valence-corrected chi connectivity index (χ0v) is 12.2. The van der Waals surface area contributed by atoms with E-state index in [9.17, 15) is 4.79 Å². The van der Waals surface area contributed by atoms with Crippen LogP contribution in [-0.2, 0) is 14.9 Å². The number of methoxy groups -OCH3 is 1. The molecule has 0 bridgehead atoms. The Morgan fingerprint density at radius 1 is 1.14 bits per heavy atom. The van der Waals surface area contributed by atoms with E-state index < -0.39 is 5.41 Å². The minimum Gasteiger partial charge on any atom is -0.468 e. The Labute approximate surface area is 128 Å². The summed E-state index contributed by atoms with van der Waals surface area (Å²) < 4.78 is 10.7. The van der Waals surface area contributed by atoms with Gasteiger partial charge in [0.25, 0.3) is 0 Å². The molecular formula is C18H15NO3. The van der Waals surface area contributed by atoms with Crippen molar-refractivity contribution in [2.45, 2.75) is 18.3 Å². The Balaban J connectivity index is 1.82. The maximum atomic E-state index is 11.9. The summed E-state index contributed by atoms with van der Waals surface area (Å²) in [4.78, 5) is 11.9. The van der Waals surface area contributed by atoms with E-state index in [2.05, 4.69) is 6.07 Å². The van der Waals surface area contributed by atoms with Crippen molar-refractivity contribution in [1.29, 1.82) is 5.26 Å². The summed E-state index contributed by atoms with van der Waals surface area (Å²) in [6, 6.07) is 16.5. The number of rotatable bonds is 4. The highest BCUT2D eigenvalue weighted by atomic mass is 16.5. The average Bonchev–Trinajstić information content (AvgIpc) is 3.37. The van der Waals surface area contributed by atoms with Crippen molar-refractivity contribution in [2.75, 3.05) is 7.11 Å². The van der Waals surface area contributed by atoms with E-state index in [1.807, 2.05) is 24.3 Å². The van der Waals surface area contributed by atoms with Gasteiger partial charge in [-0.15, -0.1) is 0 Å². The lowest BCUT2D eigenvalue weighted by Gasteiger charge is -2.14. The van der Waals surface area contributed by atoms with Crippen LogP contribution in [0, 0.1) is 11.3 Å². The van der Waals surface area contributed by atoms with E-state index in [0.717, 1.165) is 18.4 Å². The summed E-state index contributed by atoms with van der Waals surface area (Å²) in [6.45, 7) is 0. The molecule has 0 saturated heterocycles. The number of nitriles is 1. The Bertz CT molecular complexity index is 740. The highest BCUT2D eigenvalue weighted by molar-refractivity contribution is 5.86. The van der Waals surface area contributed by atoms with Crippen molar-refractivity contribution in [3.8, 4) is 17.6 Å². The molecule has 0 aromatic heterocycles. The normalized spacial score (nSPS) is 14.7. The first kappa shape index (κ1) is 14.2. The van der Waals surface area contributed by atoms with Crippen LogP contribution in [0.5, 0.6) is 11.5 Å². The fourth-order valence-corrected chi connectivity index (χ4v) is 2.52. The molecule has 1 aliphatic rings.